The molecule has 0 unspecified atom stereocenters. The third kappa shape index (κ3) is 5.11. The van der Waals surface area contributed by atoms with Crippen LogP contribution in [0, 0.1) is 29.6 Å². The molecule has 2 aliphatic rings. The molecule has 1 aromatic carbocycles. The highest BCUT2D eigenvalue weighted by molar-refractivity contribution is 6.11. The molecule has 1 saturated carbocycles. The zero-order valence-corrected chi connectivity index (χ0v) is 20.0. The van der Waals surface area contributed by atoms with Crippen molar-refractivity contribution in [3.05, 3.63) is 28.8 Å². The number of likely N-dealkylation sites (tertiary alicyclic amines) is 1. The van der Waals surface area contributed by atoms with Gasteiger partial charge in [0.15, 0.2) is 0 Å². The van der Waals surface area contributed by atoms with Crippen molar-refractivity contribution in [1.29, 1.82) is 0 Å². The van der Waals surface area contributed by atoms with Crippen LogP contribution in [-0.2, 0) is 14.4 Å². The third-order valence-electron chi connectivity index (χ3n) is 6.68. The summed E-state index contributed by atoms with van der Waals surface area (Å²) in [6.45, 7) is 9.44. The lowest BCUT2D eigenvalue weighted by Gasteiger charge is -2.44. The van der Waals surface area contributed by atoms with Crippen LogP contribution in [0.5, 0.6) is 5.75 Å². The number of aromatic hydroxyl groups is 1. The Hall–Kier alpha value is -3.14. The molecule has 176 valence electrons. The summed E-state index contributed by atoms with van der Waals surface area (Å²) in [4.78, 5) is 52.5. The van der Waals surface area contributed by atoms with E-state index in [4.69, 9.17) is 0 Å². The summed E-state index contributed by atoms with van der Waals surface area (Å²) in [5.41, 5.74) is 0.532. The van der Waals surface area contributed by atoms with E-state index in [1.807, 2.05) is 0 Å². The number of Topliss-reactive ketones (excluding diaryl/α,β-unsaturated/α-hetero) is 2. The van der Waals surface area contributed by atoms with Crippen LogP contribution in [0.2, 0.25) is 0 Å². The number of carbonyl (C=O) groups excluding carboxylic acids is 4. The minimum Gasteiger partial charge on any atom is -0.508 e. The highest BCUT2D eigenvalue weighted by Gasteiger charge is 2.48. The first-order chi connectivity index (χ1) is 15.4. The lowest BCUT2D eigenvalue weighted by molar-refractivity contribution is -0.138. The van der Waals surface area contributed by atoms with E-state index in [0.717, 1.165) is 0 Å². The van der Waals surface area contributed by atoms with Crippen molar-refractivity contribution in [1.82, 2.24) is 10.2 Å². The second-order valence-electron chi connectivity index (χ2n) is 10.3. The molecule has 1 aliphatic heterocycles. The number of hydrogen-bond acceptors (Lipinski definition) is 5. The number of aryl methyl sites for hydroxylation is 1. The predicted octanol–water partition coefficient (Wildman–Crippen LogP) is 3.45. The molecule has 33 heavy (non-hydrogen) atoms. The molecule has 0 atom stereocenters. The number of ketones is 2. The zero-order valence-electron chi connectivity index (χ0n) is 20.0. The summed E-state index contributed by atoms with van der Waals surface area (Å²) in [7, 11) is 0. The van der Waals surface area contributed by atoms with Crippen LogP contribution in [0.3, 0.4) is 0 Å². The summed E-state index contributed by atoms with van der Waals surface area (Å²) in [5.74, 6) is 3.88. The van der Waals surface area contributed by atoms with Gasteiger partial charge < -0.3 is 10.0 Å². The van der Waals surface area contributed by atoms with Gasteiger partial charge in [-0.3, -0.25) is 19.7 Å². The van der Waals surface area contributed by atoms with Crippen LogP contribution in [0.4, 0.5) is 4.79 Å². The van der Waals surface area contributed by atoms with E-state index in [1.54, 1.807) is 45.6 Å². The van der Waals surface area contributed by atoms with Gasteiger partial charge in [-0.25, -0.2) is 4.79 Å². The Labute approximate surface area is 194 Å². The van der Waals surface area contributed by atoms with Crippen LogP contribution >= 0.6 is 0 Å². The molecule has 2 fully saturated rings. The van der Waals surface area contributed by atoms with Crippen LogP contribution in [-0.4, -0.2) is 46.6 Å². The number of piperidine rings is 1. The summed E-state index contributed by atoms with van der Waals surface area (Å²) in [6.07, 6.45) is 1.50. The molecule has 1 aromatic rings. The summed E-state index contributed by atoms with van der Waals surface area (Å²) in [6, 6.07) is 2.85. The van der Waals surface area contributed by atoms with Crippen molar-refractivity contribution in [2.75, 3.05) is 13.1 Å². The Morgan fingerprint density at radius 3 is 2.18 bits per heavy atom. The SMILES string of the molecule is CC#Cc1cc(C)c(C2C(=O)CC3(CCN(C(=O)NC(=O)C(C)(C)C)CC3)CC2=O)c(O)c1. The van der Waals surface area contributed by atoms with Gasteiger partial charge in [0.25, 0.3) is 0 Å². The molecular weight excluding hydrogens is 420 g/mol. The molecule has 1 heterocycles. The van der Waals surface area contributed by atoms with E-state index in [9.17, 15) is 24.3 Å². The standard InChI is InChI=1S/C26H32N2O5/c1-6-7-17-12-16(2)21(18(29)13-17)22-19(30)14-26(15-20(22)31)8-10-28(11-9-26)24(33)27-23(32)25(3,4)5/h12-13,22,29H,8-11,14-15H2,1-5H3,(H,27,32,33). The topological polar surface area (TPSA) is 104 Å². The van der Waals surface area contributed by atoms with Gasteiger partial charge in [0.2, 0.25) is 5.91 Å². The second kappa shape index (κ2) is 9.01. The van der Waals surface area contributed by atoms with E-state index < -0.39 is 22.8 Å². The summed E-state index contributed by atoms with van der Waals surface area (Å²) in [5, 5.41) is 13.0. The lowest BCUT2D eigenvalue weighted by atomic mass is 9.63. The van der Waals surface area contributed by atoms with Crippen molar-refractivity contribution in [3.8, 4) is 17.6 Å². The summed E-state index contributed by atoms with van der Waals surface area (Å²) >= 11 is 0. The Kier molecular flexibility index (Phi) is 6.69. The van der Waals surface area contributed by atoms with Crippen molar-refractivity contribution in [3.63, 3.8) is 0 Å². The van der Waals surface area contributed by atoms with Crippen molar-refractivity contribution >= 4 is 23.5 Å². The van der Waals surface area contributed by atoms with Crippen LogP contribution in [0.25, 0.3) is 0 Å². The Morgan fingerprint density at radius 1 is 1.12 bits per heavy atom. The molecular formula is C26H32N2O5. The number of urea groups is 1. The normalized spacial score (nSPS) is 18.6. The Bertz CT molecular complexity index is 1020. The third-order valence-corrected chi connectivity index (χ3v) is 6.68. The van der Waals surface area contributed by atoms with Gasteiger partial charge in [0.1, 0.15) is 23.2 Å². The Balaban J connectivity index is 1.71. The van der Waals surface area contributed by atoms with Crippen molar-refractivity contribution in [2.45, 2.75) is 66.2 Å². The van der Waals surface area contributed by atoms with E-state index in [1.165, 1.54) is 6.07 Å². The Morgan fingerprint density at radius 2 is 1.70 bits per heavy atom. The molecule has 3 rings (SSSR count). The maximum absolute atomic E-state index is 13.2. The molecule has 0 aromatic heterocycles. The fraction of sp³-hybridized carbons (Fsp3) is 0.538. The average molecular weight is 453 g/mol. The van der Waals surface area contributed by atoms with E-state index in [0.29, 0.717) is 42.6 Å². The molecule has 2 N–H and O–H groups in total. The summed E-state index contributed by atoms with van der Waals surface area (Å²) < 4.78 is 0. The fourth-order valence-electron chi connectivity index (χ4n) is 4.78. The average Bonchev–Trinajstić information content (AvgIpc) is 2.69. The number of hydrogen-bond donors (Lipinski definition) is 2. The van der Waals surface area contributed by atoms with Crippen molar-refractivity contribution < 1.29 is 24.3 Å². The molecule has 0 bridgehead atoms. The van der Waals surface area contributed by atoms with Gasteiger partial charge in [-0.2, -0.15) is 0 Å². The van der Waals surface area contributed by atoms with Gasteiger partial charge in [-0.05, 0) is 49.8 Å². The molecule has 1 saturated heterocycles. The number of nitrogens with one attached hydrogen (secondary N) is 1. The van der Waals surface area contributed by atoms with Gasteiger partial charge in [-0.15, -0.1) is 5.92 Å². The first-order valence-corrected chi connectivity index (χ1v) is 11.3. The van der Waals surface area contributed by atoms with Crippen LogP contribution in [0.15, 0.2) is 12.1 Å². The number of phenolic OH excluding ortho intramolecular Hbond substituents is 1. The second-order valence-corrected chi connectivity index (χ2v) is 10.3. The molecule has 3 amide bonds. The fourth-order valence-corrected chi connectivity index (χ4v) is 4.78. The van der Waals surface area contributed by atoms with E-state index >= 15 is 0 Å². The van der Waals surface area contributed by atoms with Crippen LogP contribution < -0.4 is 5.32 Å². The minimum absolute atomic E-state index is 0.0783. The molecule has 0 radical (unpaired) electrons. The molecule has 1 spiro atoms. The number of carbonyl (C=O) groups is 4. The number of phenols is 1. The first-order valence-electron chi connectivity index (χ1n) is 11.3. The molecule has 7 nitrogen and oxygen atoms in total. The quantitative estimate of drug-likeness (QED) is 0.502. The van der Waals surface area contributed by atoms with E-state index in [2.05, 4.69) is 17.2 Å². The number of amides is 3. The highest BCUT2D eigenvalue weighted by atomic mass is 16.3. The van der Waals surface area contributed by atoms with Gasteiger partial charge in [-0.1, -0.05) is 26.7 Å². The minimum atomic E-state index is -0.968. The first kappa shape index (κ1) is 24.5. The smallest absolute Gasteiger partial charge is 0.324 e. The number of imide groups is 1. The number of nitrogens with zero attached hydrogens (tertiary/aromatic N) is 1. The zero-order chi connectivity index (χ0) is 24.6. The van der Waals surface area contributed by atoms with Crippen molar-refractivity contribution in [2.24, 2.45) is 10.8 Å². The number of rotatable bonds is 1. The van der Waals surface area contributed by atoms with Gasteiger partial charge in [0.05, 0.1) is 0 Å². The predicted molar refractivity (Wildman–Crippen MR) is 124 cm³/mol. The largest absolute Gasteiger partial charge is 0.508 e. The lowest BCUT2D eigenvalue weighted by Crippen LogP contribution is -2.52. The molecule has 7 heteroatoms. The maximum atomic E-state index is 13.2. The van der Waals surface area contributed by atoms with E-state index in [-0.39, 0.29) is 36.1 Å². The highest BCUT2D eigenvalue weighted by Crippen LogP contribution is 2.47. The number of benzene rings is 1. The maximum Gasteiger partial charge on any atom is 0.324 e. The molecule has 1 aliphatic carbocycles. The van der Waals surface area contributed by atoms with Gasteiger partial charge in [0, 0.05) is 42.5 Å². The van der Waals surface area contributed by atoms with Gasteiger partial charge >= 0.3 is 6.03 Å². The van der Waals surface area contributed by atoms with Crippen LogP contribution in [0.1, 0.15) is 76.0 Å². The monoisotopic (exact) mass is 452 g/mol.